The van der Waals surface area contributed by atoms with Crippen molar-refractivity contribution in [3.63, 3.8) is 0 Å². The van der Waals surface area contributed by atoms with E-state index in [0.29, 0.717) is 5.84 Å². The average Bonchev–Trinajstić information content (AvgIpc) is 2.89. The van der Waals surface area contributed by atoms with Crippen LogP contribution in [0, 0.1) is 5.92 Å². The smallest absolute Gasteiger partial charge is 0.323 e. The molecule has 0 fully saturated rings. The van der Waals surface area contributed by atoms with Crippen LogP contribution in [0.4, 0.5) is 0 Å². The number of rotatable bonds is 7. The molecule has 11 heteroatoms. The monoisotopic (exact) mass is 360 g/mol. The van der Waals surface area contributed by atoms with E-state index in [1.165, 1.54) is 6.34 Å². The van der Waals surface area contributed by atoms with Crippen molar-refractivity contribution in [2.75, 3.05) is 19.9 Å². The van der Waals surface area contributed by atoms with Crippen LogP contribution in [-0.4, -0.2) is 66.9 Å². The van der Waals surface area contributed by atoms with Crippen LogP contribution in [0.5, 0.6) is 0 Å². The molecule has 2 heterocycles. The number of nitrogens with zero attached hydrogens (tertiary/aromatic N) is 4. The van der Waals surface area contributed by atoms with E-state index in [-0.39, 0.29) is 44.2 Å². The molecule has 1 amide bonds. The van der Waals surface area contributed by atoms with E-state index in [2.05, 4.69) is 15.0 Å². The predicted molar refractivity (Wildman–Crippen MR) is 90.0 cm³/mol. The minimum atomic E-state index is -0.757. The fraction of sp³-hybridized carbons (Fsp3) is 0.615. The summed E-state index contributed by atoms with van der Waals surface area (Å²) >= 11 is 0. The summed E-state index contributed by atoms with van der Waals surface area (Å²) in [5, 5.41) is 0. The highest BCUT2D eigenvalue weighted by molar-refractivity contribution is 6.21. The van der Waals surface area contributed by atoms with Crippen LogP contribution in [0.1, 0.15) is 13.8 Å². The zero-order valence-corrected chi connectivity index (χ0v) is 14.2. The van der Waals surface area contributed by atoms with Crippen LogP contribution in [-0.2, 0) is 19.1 Å². The van der Waals surface area contributed by atoms with E-state index < -0.39 is 24.0 Å². The van der Waals surface area contributed by atoms with Crippen molar-refractivity contribution in [2.45, 2.75) is 25.9 Å². The summed E-state index contributed by atoms with van der Waals surface area (Å²) in [5.74, 6) is -0.634. The number of amidine groups is 1. The van der Waals surface area contributed by atoms with Gasteiger partial charge in [-0.05, 0) is 5.92 Å². The minimum absolute atomic E-state index is 0. The Hall–Kier alpha value is -2.04. The summed E-state index contributed by atoms with van der Waals surface area (Å²) in [5.41, 5.74) is 11.1. The van der Waals surface area contributed by atoms with Crippen molar-refractivity contribution >= 4 is 42.4 Å². The molecule has 24 heavy (non-hydrogen) atoms. The molecular weight excluding hydrogens is 340 g/mol. The first kappa shape index (κ1) is 20.0. The Kier molecular flexibility index (Phi) is 7.26. The van der Waals surface area contributed by atoms with E-state index in [9.17, 15) is 9.59 Å². The second-order valence-corrected chi connectivity index (χ2v) is 5.39. The van der Waals surface area contributed by atoms with Gasteiger partial charge in [0, 0.05) is 0 Å². The van der Waals surface area contributed by atoms with Gasteiger partial charge in [0.2, 0.25) is 5.96 Å². The Labute approximate surface area is 145 Å². The number of esters is 1. The number of halogens is 1. The quantitative estimate of drug-likeness (QED) is 0.431. The molecule has 10 nitrogen and oxygen atoms in total. The lowest BCUT2D eigenvalue weighted by Crippen LogP contribution is -2.41. The third-order valence-corrected chi connectivity index (χ3v) is 3.27. The number of amides is 1. The molecule has 0 radical (unpaired) electrons. The third-order valence-electron chi connectivity index (χ3n) is 3.27. The number of nitrogens with two attached hydrogens (primary N) is 2. The zero-order chi connectivity index (χ0) is 17.0. The molecule has 4 N–H and O–H groups in total. The standard InChI is InChI=1S/C13H20N6O4.ClH/c1-7(2)8(14)12(21)23-4-3-22-6-19-5-16-9-10(19)17-13(15)18-11(9)20;/h5,7-9H,3-4,6,14H2,1-2H3,(H2,15,18,20);1H/t8-,9?;/m0./s1. The van der Waals surface area contributed by atoms with Crippen LogP contribution >= 0.6 is 12.4 Å². The zero-order valence-electron chi connectivity index (χ0n) is 13.4. The molecule has 0 aliphatic carbocycles. The highest BCUT2D eigenvalue weighted by Gasteiger charge is 2.35. The Morgan fingerprint density at radius 1 is 1.38 bits per heavy atom. The van der Waals surface area contributed by atoms with Crippen LogP contribution in [0.15, 0.2) is 15.0 Å². The Morgan fingerprint density at radius 3 is 2.75 bits per heavy atom. The summed E-state index contributed by atoms with van der Waals surface area (Å²) in [6, 6.07) is -1.40. The molecule has 2 atom stereocenters. The fourth-order valence-corrected chi connectivity index (χ4v) is 1.88. The Bertz CT molecular complexity index is 577. The van der Waals surface area contributed by atoms with E-state index in [4.69, 9.17) is 20.9 Å². The molecule has 2 aliphatic rings. The van der Waals surface area contributed by atoms with Gasteiger partial charge in [0.05, 0.1) is 12.9 Å². The molecule has 0 spiro atoms. The SMILES string of the molecule is CC(C)[C@H](N)C(=O)OCCOCN1C=NC2C(=O)N=C(N)N=C21.Cl. The summed E-state index contributed by atoms with van der Waals surface area (Å²) < 4.78 is 10.4. The number of carbonyl (C=O) groups excluding carboxylic acids is 2. The highest BCUT2D eigenvalue weighted by atomic mass is 35.5. The molecule has 0 aromatic carbocycles. The second kappa shape index (κ2) is 8.71. The summed E-state index contributed by atoms with van der Waals surface area (Å²) in [4.78, 5) is 36.2. The number of hydrogen-bond donors (Lipinski definition) is 2. The first-order valence-electron chi connectivity index (χ1n) is 7.16. The number of ether oxygens (including phenoxy) is 2. The van der Waals surface area contributed by atoms with Gasteiger partial charge in [-0.25, -0.2) is 0 Å². The van der Waals surface area contributed by atoms with Crippen molar-refractivity contribution in [2.24, 2.45) is 32.4 Å². The van der Waals surface area contributed by atoms with Gasteiger partial charge >= 0.3 is 5.97 Å². The van der Waals surface area contributed by atoms with Gasteiger partial charge in [0.15, 0.2) is 11.9 Å². The molecule has 2 aliphatic heterocycles. The third kappa shape index (κ3) is 4.73. The second-order valence-electron chi connectivity index (χ2n) is 5.39. The van der Waals surface area contributed by atoms with Crippen LogP contribution in [0.3, 0.4) is 0 Å². The van der Waals surface area contributed by atoms with Crippen LogP contribution in [0.25, 0.3) is 0 Å². The molecule has 2 rings (SSSR count). The van der Waals surface area contributed by atoms with Crippen molar-refractivity contribution in [1.82, 2.24) is 4.90 Å². The van der Waals surface area contributed by atoms with Gasteiger partial charge in [0.25, 0.3) is 5.91 Å². The number of carbonyl (C=O) groups is 2. The van der Waals surface area contributed by atoms with Gasteiger partial charge in [-0.1, -0.05) is 13.8 Å². The lowest BCUT2D eigenvalue weighted by Gasteiger charge is -2.19. The van der Waals surface area contributed by atoms with Crippen molar-refractivity contribution < 1.29 is 19.1 Å². The normalized spacial score (nSPS) is 20.2. The van der Waals surface area contributed by atoms with Gasteiger partial charge in [-0.3, -0.25) is 19.5 Å². The summed E-state index contributed by atoms with van der Waals surface area (Å²) in [6.45, 7) is 4.05. The molecule has 134 valence electrons. The summed E-state index contributed by atoms with van der Waals surface area (Å²) in [7, 11) is 0. The molecule has 0 bridgehead atoms. The first-order valence-corrected chi connectivity index (χ1v) is 7.16. The molecular formula is C13H21ClN6O4. The van der Waals surface area contributed by atoms with Crippen LogP contribution < -0.4 is 11.5 Å². The molecule has 0 aromatic heterocycles. The van der Waals surface area contributed by atoms with E-state index in [1.54, 1.807) is 4.90 Å². The highest BCUT2D eigenvalue weighted by Crippen LogP contribution is 2.13. The van der Waals surface area contributed by atoms with Crippen molar-refractivity contribution in [1.29, 1.82) is 0 Å². The van der Waals surface area contributed by atoms with Crippen LogP contribution in [0.2, 0.25) is 0 Å². The van der Waals surface area contributed by atoms with Crippen molar-refractivity contribution in [3.05, 3.63) is 0 Å². The first-order chi connectivity index (χ1) is 10.9. The molecule has 0 saturated carbocycles. The van der Waals surface area contributed by atoms with Gasteiger partial charge in [-0.2, -0.15) is 9.98 Å². The van der Waals surface area contributed by atoms with Gasteiger partial charge in [-0.15, -0.1) is 12.4 Å². The number of guanidine groups is 1. The Morgan fingerprint density at radius 2 is 2.08 bits per heavy atom. The molecule has 0 saturated heterocycles. The topological polar surface area (TPSA) is 145 Å². The average molecular weight is 361 g/mol. The molecule has 0 aromatic rings. The number of fused-ring (bicyclic) bond motifs is 1. The maximum Gasteiger partial charge on any atom is 0.323 e. The van der Waals surface area contributed by atoms with E-state index in [1.807, 2.05) is 13.8 Å². The predicted octanol–water partition coefficient (Wildman–Crippen LogP) is -1.13. The molecule has 1 unspecified atom stereocenters. The minimum Gasteiger partial charge on any atom is -0.462 e. The van der Waals surface area contributed by atoms with Gasteiger partial charge < -0.3 is 20.9 Å². The van der Waals surface area contributed by atoms with E-state index >= 15 is 0 Å². The summed E-state index contributed by atoms with van der Waals surface area (Å²) in [6.07, 6.45) is 1.44. The number of hydrogen-bond acceptors (Lipinski definition) is 9. The van der Waals surface area contributed by atoms with Gasteiger partial charge in [0.1, 0.15) is 19.4 Å². The fourth-order valence-electron chi connectivity index (χ4n) is 1.88. The van der Waals surface area contributed by atoms with Crippen molar-refractivity contribution in [3.8, 4) is 0 Å². The maximum atomic E-state index is 11.6. The lowest BCUT2D eigenvalue weighted by atomic mass is 10.1. The lowest BCUT2D eigenvalue weighted by molar-refractivity contribution is -0.148. The maximum absolute atomic E-state index is 11.6. The Balaban J connectivity index is 0.00000288. The van der Waals surface area contributed by atoms with E-state index in [0.717, 1.165) is 0 Å². The largest absolute Gasteiger partial charge is 0.462 e. The number of aliphatic imine (C=N–C) groups is 3.